The summed E-state index contributed by atoms with van der Waals surface area (Å²) in [7, 11) is 3.27. The molecular weight excluding hydrogens is 501 g/mol. The van der Waals surface area contributed by atoms with Crippen molar-refractivity contribution in [1.82, 2.24) is 4.57 Å². The molecule has 0 amide bonds. The van der Waals surface area contributed by atoms with E-state index in [1.54, 1.807) is 0 Å². The quantitative estimate of drug-likeness (QED) is 0.222. The molecule has 0 aliphatic rings. The maximum Gasteiger partial charge on any atom is 0.416 e. The van der Waals surface area contributed by atoms with E-state index in [0.29, 0.717) is 16.8 Å². The van der Waals surface area contributed by atoms with Gasteiger partial charge in [0.15, 0.2) is 0 Å². The Labute approximate surface area is 224 Å². The van der Waals surface area contributed by atoms with E-state index in [1.165, 1.54) is 19.2 Å². The van der Waals surface area contributed by atoms with E-state index in [4.69, 9.17) is 4.74 Å². The molecule has 5 aromatic rings. The average molecular weight is 529 g/mol. The minimum atomic E-state index is -4.46. The van der Waals surface area contributed by atoms with Gasteiger partial charge in [0.05, 0.1) is 18.7 Å². The number of halogens is 3. The number of alkyl halides is 3. The van der Waals surface area contributed by atoms with Gasteiger partial charge in [0, 0.05) is 35.4 Å². The molecule has 0 unspecified atom stereocenters. The number of fused-ring (bicyclic) bond motifs is 1. The third-order valence-electron chi connectivity index (χ3n) is 7.15. The van der Waals surface area contributed by atoms with Gasteiger partial charge in [0.2, 0.25) is 0 Å². The highest BCUT2D eigenvalue weighted by molar-refractivity contribution is 5.97. The number of carbonyl (C=O) groups excluding carboxylic acids is 1. The fourth-order valence-corrected chi connectivity index (χ4v) is 5.35. The molecule has 0 bridgehead atoms. The second-order valence-electron chi connectivity index (χ2n) is 9.40. The van der Waals surface area contributed by atoms with Gasteiger partial charge in [-0.2, -0.15) is 13.2 Å². The van der Waals surface area contributed by atoms with Crippen LogP contribution in [-0.2, 0) is 28.2 Å². The fraction of sp³-hybridized carbons (Fsp3) is 0.156. The molecule has 0 aliphatic heterocycles. The van der Waals surface area contributed by atoms with Crippen molar-refractivity contribution in [2.75, 3.05) is 12.4 Å². The molecule has 1 N–H and O–H groups in total. The van der Waals surface area contributed by atoms with Crippen molar-refractivity contribution in [3.63, 3.8) is 0 Å². The number of benzene rings is 4. The predicted octanol–water partition coefficient (Wildman–Crippen LogP) is 7.51. The number of para-hydroxylation sites is 1. The van der Waals surface area contributed by atoms with Crippen LogP contribution < -0.4 is 5.32 Å². The first kappa shape index (κ1) is 26.1. The van der Waals surface area contributed by atoms with Gasteiger partial charge >= 0.3 is 12.1 Å². The lowest BCUT2D eigenvalue weighted by Crippen LogP contribution is -2.46. The predicted molar refractivity (Wildman–Crippen MR) is 146 cm³/mol. The molecule has 0 aliphatic carbocycles. The zero-order valence-electron chi connectivity index (χ0n) is 21.4. The Morgan fingerprint density at radius 3 is 2.00 bits per heavy atom. The van der Waals surface area contributed by atoms with E-state index in [-0.39, 0.29) is 0 Å². The molecular formula is C32H27F3N2O2. The number of hydrogen-bond donors (Lipinski definition) is 1. The van der Waals surface area contributed by atoms with Gasteiger partial charge < -0.3 is 14.6 Å². The van der Waals surface area contributed by atoms with Crippen LogP contribution in [0.1, 0.15) is 28.3 Å². The lowest BCUT2D eigenvalue weighted by molar-refractivity contribution is -0.146. The fourth-order valence-electron chi connectivity index (χ4n) is 5.35. The van der Waals surface area contributed by atoms with Gasteiger partial charge in [-0.15, -0.1) is 0 Å². The Hall–Kier alpha value is -4.52. The van der Waals surface area contributed by atoms with Crippen molar-refractivity contribution in [2.24, 2.45) is 7.05 Å². The number of carbonyl (C=O) groups is 1. The van der Waals surface area contributed by atoms with Crippen LogP contribution in [0.4, 0.5) is 18.9 Å². The highest BCUT2D eigenvalue weighted by atomic mass is 19.4. The normalized spacial score (nSPS) is 14.0. The smallest absolute Gasteiger partial charge is 0.416 e. The summed E-state index contributed by atoms with van der Waals surface area (Å²) in [6.45, 7) is 0. The van der Waals surface area contributed by atoms with E-state index in [9.17, 15) is 18.0 Å². The highest BCUT2D eigenvalue weighted by Crippen LogP contribution is 2.49. The molecule has 0 spiro atoms. The van der Waals surface area contributed by atoms with Crippen LogP contribution in [-0.4, -0.2) is 17.6 Å². The number of nitrogens with one attached hydrogen (secondary N) is 1. The number of ether oxygens (including phenoxy) is 1. The summed E-state index contributed by atoms with van der Waals surface area (Å²) in [5.74, 6) is -0.502. The maximum absolute atomic E-state index is 14.3. The van der Waals surface area contributed by atoms with E-state index in [2.05, 4.69) is 5.32 Å². The summed E-state index contributed by atoms with van der Waals surface area (Å²) in [6, 6.07) is 30.6. The van der Waals surface area contributed by atoms with Crippen LogP contribution in [0.25, 0.3) is 10.9 Å². The van der Waals surface area contributed by atoms with Crippen molar-refractivity contribution < 1.29 is 22.7 Å². The summed E-state index contributed by atoms with van der Waals surface area (Å²) in [5.41, 5.74) is 1.36. The van der Waals surface area contributed by atoms with E-state index in [1.807, 2.05) is 103 Å². The van der Waals surface area contributed by atoms with Crippen LogP contribution in [0.2, 0.25) is 0 Å². The lowest BCUT2D eigenvalue weighted by atomic mass is 9.66. The first-order valence-corrected chi connectivity index (χ1v) is 12.4. The number of esters is 1. The lowest BCUT2D eigenvalue weighted by Gasteiger charge is -2.40. The molecule has 7 heteroatoms. The molecule has 0 fully saturated rings. The van der Waals surface area contributed by atoms with E-state index >= 15 is 0 Å². The molecule has 2 atom stereocenters. The number of aromatic nitrogens is 1. The molecule has 4 aromatic carbocycles. The topological polar surface area (TPSA) is 43.3 Å². The summed E-state index contributed by atoms with van der Waals surface area (Å²) in [4.78, 5) is 14.3. The second-order valence-corrected chi connectivity index (χ2v) is 9.40. The van der Waals surface area contributed by atoms with Gasteiger partial charge in [-0.25, -0.2) is 0 Å². The zero-order chi connectivity index (χ0) is 27.6. The van der Waals surface area contributed by atoms with Gasteiger partial charge in [-0.3, -0.25) is 4.79 Å². The maximum atomic E-state index is 14.3. The van der Waals surface area contributed by atoms with Crippen molar-refractivity contribution in [3.8, 4) is 0 Å². The number of methoxy groups -OCH3 is 1. The molecule has 4 nitrogen and oxygen atoms in total. The monoisotopic (exact) mass is 528 g/mol. The van der Waals surface area contributed by atoms with Crippen LogP contribution >= 0.6 is 0 Å². The number of rotatable bonds is 7. The molecule has 0 saturated carbocycles. The largest absolute Gasteiger partial charge is 0.468 e. The third-order valence-corrected chi connectivity index (χ3v) is 7.15. The number of hydrogen-bond acceptors (Lipinski definition) is 3. The first-order valence-electron chi connectivity index (χ1n) is 12.4. The van der Waals surface area contributed by atoms with Crippen molar-refractivity contribution in [1.29, 1.82) is 0 Å². The Morgan fingerprint density at radius 2 is 1.38 bits per heavy atom. The Bertz CT molecular complexity index is 1580. The number of nitrogens with zero attached hydrogens (tertiary/aromatic N) is 1. The summed E-state index contributed by atoms with van der Waals surface area (Å²) < 4.78 is 47.4. The SMILES string of the molecule is COC(=O)[C@](c1ccccc1)(c1cn(C)c2ccccc12)[C@H](Nc1ccc(C(F)(F)F)cc1)c1ccccc1. The average Bonchev–Trinajstić information content (AvgIpc) is 3.30. The molecule has 0 radical (unpaired) electrons. The second kappa shape index (κ2) is 10.3. The van der Waals surface area contributed by atoms with Crippen molar-refractivity contribution in [2.45, 2.75) is 17.6 Å². The minimum Gasteiger partial charge on any atom is -0.468 e. The van der Waals surface area contributed by atoms with E-state index in [0.717, 1.165) is 28.6 Å². The van der Waals surface area contributed by atoms with Crippen LogP contribution in [0, 0.1) is 0 Å². The molecule has 198 valence electrons. The van der Waals surface area contributed by atoms with Gasteiger partial charge in [-0.1, -0.05) is 78.9 Å². The van der Waals surface area contributed by atoms with Gasteiger partial charge in [-0.05, 0) is 41.5 Å². The Balaban J connectivity index is 1.83. The van der Waals surface area contributed by atoms with Crippen LogP contribution in [0.15, 0.2) is 115 Å². The molecule has 39 heavy (non-hydrogen) atoms. The third kappa shape index (κ3) is 4.65. The number of aryl methyl sites for hydroxylation is 1. The van der Waals surface area contributed by atoms with Gasteiger partial charge in [0.25, 0.3) is 0 Å². The van der Waals surface area contributed by atoms with Crippen LogP contribution in [0.5, 0.6) is 0 Å². The molecule has 1 aromatic heterocycles. The Kier molecular flexibility index (Phi) is 6.91. The highest BCUT2D eigenvalue weighted by Gasteiger charge is 2.52. The van der Waals surface area contributed by atoms with Crippen LogP contribution in [0.3, 0.4) is 0 Å². The zero-order valence-corrected chi connectivity index (χ0v) is 21.4. The number of anilines is 1. The van der Waals surface area contributed by atoms with Crippen molar-refractivity contribution >= 4 is 22.6 Å². The van der Waals surface area contributed by atoms with Gasteiger partial charge in [0.1, 0.15) is 5.41 Å². The Morgan fingerprint density at radius 1 is 0.795 bits per heavy atom. The molecule has 5 rings (SSSR count). The summed E-state index contributed by atoms with van der Waals surface area (Å²) in [6.07, 6.45) is -2.53. The van der Waals surface area contributed by atoms with Crippen molar-refractivity contribution in [3.05, 3.63) is 138 Å². The molecule has 1 heterocycles. The standard InChI is InChI=1S/C32H27F3N2O2/c1-37-21-27(26-15-9-10-16-28(26)37)31(30(38)39-2,23-13-7-4-8-14-23)29(22-11-5-3-6-12-22)36-25-19-17-24(18-20-25)32(33,34)35/h3-21,29,36H,1-2H3/t29-,31-/m1/s1. The summed E-state index contributed by atoms with van der Waals surface area (Å²) in [5, 5.41) is 4.29. The minimum absolute atomic E-state index is 0.432. The summed E-state index contributed by atoms with van der Waals surface area (Å²) >= 11 is 0. The first-order chi connectivity index (χ1) is 18.8. The molecule has 0 saturated heterocycles. The van der Waals surface area contributed by atoms with E-state index < -0.39 is 29.2 Å².